The van der Waals surface area contributed by atoms with Crippen molar-refractivity contribution in [1.29, 1.82) is 0 Å². The highest BCUT2D eigenvalue weighted by Crippen LogP contribution is 2.36. The van der Waals surface area contributed by atoms with Gasteiger partial charge in [-0.25, -0.2) is 0 Å². The molecule has 0 atom stereocenters. The molecule has 2 aromatic rings. The molecule has 0 saturated heterocycles. The van der Waals surface area contributed by atoms with Crippen LogP contribution >= 0.6 is 0 Å². The molecule has 2 N–H and O–H groups in total. The lowest BCUT2D eigenvalue weighted by Gasteiger charge is -2.33. The topological polar surface area (TPSA) is 80.6 Å². The number of nitrogens with one attached hydrogen (secondary N) is 1. The number of hydrogen-bond acceptors (Lipinski definition) is 3. The van der Waals surface area contributed by atoms with E-state index in [4.69, 9.17) is 4.74 Å². The van der Waals surface area contributed by atoms with E-state index in [0.717, 1.165) is 30.2 Å². The Hall–Kier alpha value is -2.34. The second kappa shape index (κ2) is 7.91. The van der Waals surface area contributed by atoms with Gasteiger partial charge in [-0.05, 0) is 18.9 Å². The van der Waals surface area contributed by atoms with Crippen LogP contribution in [0.3, 0.4) is 0 Å². The van der Waals surface area contributed by atoms with Gasteiger partial charge < -0.3 is 19.7 Å². The van der Waals surface area contributed by atoms with Gasteiger partial charge in [-0.1, -0.05) is 37.5 Å². The van der Waals surface area contributed by atoms with Crippen molar-refractivity contribution in [3.8, 4) is 0 Å². The molecule has 0 aliphatic heterocycles. The molecule has 140 valence electrons. The predicted molar refractivity (Wildman–Crippen MR) is 99.3 cm³/mol. The Balaban J connectivity index is 1.80. The molecular formula is C20H26N2O4. The van der Waals surface area contributed by atoms with E-state index in [2.05, 4.69) is 5.32 Å². The van der Waals surface area contributed by atoms with Gasteiger partial charge in [0.25, 0.3) is 5.91 Å². The van der Waals surface area contributed by atoms with E-state index in [0.29, 0.717) is 31.6 Å². The lowest BCUT2D eigenvalue weighted by atomic mass is 9.74. The van der Waals surface area contributed by atoms with Crippen LogP contribution < -0.4 is 5.32 Å². The zero-order valence-corrected chi connectivity index (χ0v) is 15.2. The van der Waals surface area contributed by atoms with Crippen molar-refractivity contribution < 1.29 is 19.4 Å². The maximum absolute atomic E-state index is 12.8. The lowest BCUT2D eigenvalue weighted by Crippen LogP contribution is -2.44. The van der Waals surface area contributed by atoms with Crippen LogP contribution in [0.25, 0.3) is 10.9 Å². The number of benzene rings is 1. The number of carbonyl (C=O) groups is 2. The number of carboxylic acids is 1. The number of nitrogens with zero attached hydrogens (tertiary/aromatic N) is 1. The monoisotopic (exact) mass is 358 g/mol. The molecule has 0 spiro atoms. The first-order chi connectivity index (χ1) is 12.6. The smallest absolute Gasteiger partial charge is 0.311 e. The van der Waals surface area contributed by atoms with Gasteiger partial charge in [-0.15, -0.1) is 0 Å². The highest BCUT2D eigenvalue weighted by atomic mass is 16.5. The van der Waals surface area contributed by atoms with Crippen molar-refractivity contribution >= 4 is 22.8 Å². The third kappa shape index (κ3) is 3.60. The molecule has 6 heteroatoms. The molecule has 6 nitrogen and oxygen atoms in total. The Kier molecular flexibility index (Phi) is 5.61. The van der Waals surface area contributed by atoms with Crippen LogP contribution in [-0.4, -0.2) is 41.8 Å². The predicted octanol–water partition coefficient (Wildman–Crippen LogP) is 3.05. The zero-order chi connectivity index (χ0) is 18.6. The minimum Gasteiger partial charge on any atom is -0.481 e. The SMILES string of the molecule is COCCn1cc(C(=O)NCC2(C(=O)O)CCCCC2)c2ccccc21. The minimum atomic E-state index is -0.831. The van der Waals surface area contributed by atoms with Crippen molar-refractivity contribution in [3.05, 3.63) is 36.0 Å². The standard InChI is InChI=1S/C20H26N2O4/c1-26-12-11-22-13-16(15-7-3-4-8-17(15)22)18(23)21-14-20(19(24)25)9-5-2-6-10-20/h3-4,7-8,13H,2,5-6,9-12,14H2,1H3,(H,21,23)(H,24,25). The molecule has 1 aromatic heterocycles. The number of amides is 1. The zero-order valence-electron chi connectivity index (χ0n) is 15.2. The fraction of sp³-hybridized carbons (Fsp3) is 0.500. The Morgan fingerprint density at radius 3 is 2.65 bits per heavy atom. The Bertz CT molecular complexity index is 790. The van der Waals surface area contributed by atoms with Crippen LogP contribution in [0.4, 0.5) is 0 Å². The molecule has 1 heterocycles. The number of fused-ring (bicyclic) bond motifs is 1. The highest BCUT2D eigenvalue weighted by Gasteiger charge is 2.39. The third-order valence-electron chi connectivity index (χ3n) is 5.42. The lowest BCUT2D eigenvalue weighted by molar-refractivity contribution is -0.150. The molecule has 1 amide bonds. The van der Waals surface area contributed by atoms with E-state index in [1.165, 1.54) is 0 Å². The van der Waals surface area contributed by atoms with Crippen molar-refractivity contribution in [3.63, 3.8) is 0 Å². The fourth-order valence-corrected chi connectivity index (χ4v) is 3.84. The maximum atomic E-state index is 12.8. The van der Waals surface area contributed by atoms with Crippen LogP contribution in [0.1, 0.15) is 42.5 Å². The van der Waals surface area contributed by atoms with Crippen LogP contribution in [0.2, 0.25) is 0 Å². The summed E-state index contributed by atoms with van der Waals surface area (Å²) < 4.78 is 7.15. The van der Waals surface area contributed by atoms with Gasteiger partial charge in [0, 0.05) is 37.3 Å². The van der Waals surface area contributed by atoms with Crippen LogP contribution in [0, 0.1) is 5.41 Å². The number of hydrogen-bond donors (Lipinski definition) is 2. The summed E-state index contributed by atoms with van der Waals surface area (Å²) >= 11 is 0. The van der Waals surface area contributed by atoms with Crippen LogP contribution in [-0.2, 0) is 16.1 Å². The molecule has 26 heavy (non-hydrogen) atoms. The number of para-hydroxylation sites is 1. The average Bonchev–Trinajstić information content (AvgIpc) is 3.04. The van der Waals surface area contributed by atoms with E-state index in [1.54, 1.807) is 7.11 Å². The molecule has 1 saturated carbocycles. The van der Waals surface area contributed by atoms with Gasteiger partial charge in [0.05, 0.1) is 17.6 Å². The van der Waals surface area contributed by atoms with Gasteiger partial charge in [0.2, 0.25) is 0 Å². The summed E-state index contributed by atoms with van der Waals surface area (Å²) in [5.41, 5.74) is 0.718. The molecular weight excluding hydrogens is 332 g/mol. The average molecular weight is 358 g/mol. The first-order valence-electron chi connectivity index (χ1n) is 9.16. The Morgan fingerprint density at radius 1 is 1.23 bits per heavy atom. The summed E-state index contributed by atoms with van der Waals surface area (Å²) in [6, 6.07) is 7.73. The minimum absolute atomic E-state index is 0.179. The number of rotatable bonds is 7. The van der Waals surface area contributed by atoms with Gasteiger partial charge >= 0.3 is 5.97 Å². The normalized spacial score (nSPS) is 16.5. The quantitative estimate of drug-likeness (QED) is 0.797. The van der Waals surface area contributed by atoms with E-state index >= 15 is 0 Å². The molecule has 0 unspecified atom stereocenters. The number of aromatic nitrogens is 1. The molecule has 1 aliphatic carbocycles. The van der Waals surface area contributed by atoms with Gasteiger partial charge in [-0.3, -0.25) is 9.59 Å². The summed E-state index contributed by atoms with van der Waals surface area (Å²) in [5, 5.41) is 13.4. The summed E-state index contributed by atoms with van der Waals surface area (Å²) in [6.45, 7) is 1.39. The maximum Gasteiger partial charge on any atom is 0.311 e. The fourth-order valence-electron chi connectivity index (χ4n) is 3.84. The van der Waals surface area contributed by atoms with Crippen LogP contribution in [0.15, 0.2) is 30.5 Å². The summed E-state index contributed by atoms with van der Waals surface area (Å²) in [5.74, 6) is -1.02. The summed E-state index contributed by atoms with van der Waals surface area (Å²) in [4.78, 5) is 24.6. The molecule has 0 bridgehead atoms. The second-order valence-electron chi connectivity index (χ2n) is 7.07. The number of carbonyl (C=O) groups excluding carboxylic acids is 1. The van der Waals surface area contributed by atoms with E-state index < -0.39 is 11.4 Å². The number of carboxylic acid groups (broad SMARTS) is 1. The van der Waals surface area contributed by atoms with E-state index in [9.17, 15) is 14.7 Å². The Morgan fingerprint density at radius 2 is 1.96 bits per heavy atom. The second-order valence-corrected chi connectivity index (χ2v) is 7.07. The molecule has 1 aromatic carbocycles. The number of ether oxygens (including phenoxy) is 1. The molecule has 1 aliphatic rings. The number of methoxy groups -OCH3 is 1. The van der Waals surface area contributed by atoms with Crippen molar-refractivity contribution in [1.82, 2.24) is 9.88 Å². The van der Waals surface area contributed by atoms with Crippen LogP contribution in [0.5, 0.6) is 0 Å². The van der Waals surface area contributed by atoms with Gasteiger partial charge in [0.1, 0.15) is 0 Å². The van der Waals surface area contributed by atoms with E-state index in [1.807, 2.05) is 35.0 Å². The van der Waals surface area contributed by atoms with Crippen molar-refractivity contribution in [2.24, 2.45) is 5.41 Å². The number of aliphatic carboxylic acids is 1. The third-order valence-corrected chi connectivity index (χ3v) is 5.42. The Labute approximate surface area is 153 Å². The summed E-state index contributed by atoms with van der Waals surface area (Å²) in [6.07, 6.45) is 5.94. The highest BCUT2D eigenvalue weighted by molar-refractivity contribution is 6.07. The first-order valence-corrected chi connectivity index (χ1v) is 9.16. The molecule has 3 rings (SSSR count). The summed E-state index contributed by atoms with van der Waals surface area (Å²) in [7, 11) is 1.65. The van der Waals surface area contributed by atoms with E-state index in [-0.39, 0.29) is 12.5 Å². The first kappa shape index (κ1) is 18.5. The van der Waals surface area contributed by atoms with Gasteiger partial charge in [0.15, 0.2) is 0 Å². The largest absolute Gasteiger partial charge is 0.481 e. The van der Waals surface area contributed by atoms with Crippen molar-refractivity contribution in [2.75, 3.05) is 20.3 Å². The van der Waals surface area contributed by atoms with Gasteiger partial charge in [-0.2, -0.15) is 0 Å². The van der Waals surface area contributed by atoms with Crippen molar-refractivity contribution in [2.45, 2.75) is 38.6 Å². The molecule has 0 radical (unpaired) electrons. The molecule has 1 fully saturated rings.